The summed E-state index contributed by atoms with van der Waals surface area (Å²) in [6.45, 7) is 2.42. The van der Waals surface area contributed by atoms with E-state index in [4.69, 9.17) is 0 Å². The zero-order valence-electron chi connectivity index (χ0n) is 11.0. The van der Waals surface area contributed by atoms with Gasteiger partial charge in [-0.3, -0.25) is 0 Å². The SMILES string of the molecule is c1ccc2c(c1)CC(CNCC1CCCCC1)S2. The Balaban J connectivity index is 1.40. The molecule has 1 aliphatic carbocycles. The topological polar surface area (TPSA) is 12.0 Å². The number of fused-ring (bicyclic) bond motifs is 1. The second-order valence-electron chi connectivity index (χ2n) is 5.71. The van der Waals surface area contributed by atoms with Gasteiger partial charge in [-0.15, -0.1) is 11.8 Å². The molecule has 0 saturated heterocycles. The molecule has 1 aromatic carbocycles. The van der Waals surface area contributed by atoms with Gasteiger partial charge < -0.3 is 5.32 Å². The summed E-state index contributed by atoms with van der Waals surface area (Å²) in [6.07, 6.45) is 8.52. The van der Waals surface area contributed by atoms with E-state index < -0.39 is 0 Å². The van der Waals surface area contributed by atoms with Crippen LogP contribution in [0.3, 0.4) is 0 Å². The first-order valence-corrected chi connectivity index (χ1v) is 8.25. The molecule has 0 aromatic heterocycles. The molecule has 0 spiro atoms. The Bertz CT molecular complexity index is 359. The van der Waals surface area contributed by atoms with E-state index in [0.717, 1.165) is 11.2 Å². The van der Waals surface area contributed by atoms with Crippen molar-refractivity contribution >= 4 is 11.8 Å². The van der Waals surface area contributed by atoms with Gasteiger partial charge in [0, 0.05) is 16.7 Å². The molecule has 3 rings (SSSR count). The normalized spacial score (nSPS) is 24.1. The molecule has 1 atom stereocenters. The van der Waals surface area contributed by atoms with Crippen LogP contribution in [-0.4, -0.2) is 18.3 Å². The van der Waals surface area contributed by atoms with Gasteiger partial charge in [-0.2, -0.15) is 0 Å². The standard InChI is InChI=1S/C16H23NS/c1-2-6-13(7-3-1)11-17-12-15-10-14-8-4-5-9-16(14)18-15/h4-5,8-9,13,15,17H,1-3,6-7,10-12H2. The molecule has 1 heterocycles. The summed E-state index contributed by atoms with van der Waals surface area (Å²) in [5.74, 6) is 0.951. The van der Waals surface area contributed by atoms with Crippen molar-refractivity contribution in [3.05, 3.63) is 29.8 Å². The van der Waals surface area contributed by atoms with Gasteiger partial charge in [0.15, 0.2) is 0 Å². The maximum Gasteiger partial charge on any atom is 0.0260 e. The summed E-state index contributed by atoms with van der Waals surface area (Å²) < 4.78 is 0. The number of thioether (sulfide) groups is 1. The highest BCUT2D eigenvalue weighted by Gasteiger charge is 2.21. The fraction of sp³-hybridized carbons (Fsp3) is 0.625. The van der Waals surface area contributed by atoms with Gasteiger partial charge in [-0.25, -0.2) is 0 Å². The Morgan fingerprint density at radius 1 is 1.06 bits per heavy atom. The molecule has 2 heteroatoms. The molecule has 1 saturated carbocycles. The summed E-state index contributed by atoms with van der Waals surface area (Å²) in [7, 11) is 0. The van der Waals surface area contributed by atoms with E-state index in [1.165, 1.54) is 56.5 Å². The zero-order valence-corrected chi connectivity index (χ0v) is 11.8. The quantitative estimate of drug-likeness (QED) is 0.883. The van der Waals surface area contributed by atoms with Crippen molar-refractivity contribution in [1.29, 1.82) is 0 Å². The van der Waals surface area contributed by atoms with Gasteiger partial charge in [-0.05, 0) is 43.4 Å². The lowest BCUT2D eigenvalue weighted by Gasteiger charge is -2.22. The lowest BCUT2D eigenvalue weighted by Crippen LogP contribution is -2.30. The molecule has 1 aliphatic heterocycles. The third kappa shape index (κ3) is 3.10. The van der Waals surface area contributed by atoms with Gasteiger partial charge in [0.05, 0.1) is 0 Å². The summed E-state index contributed by atoms with van der Waals surface area (Å²) in [6, 6.07) is 8.87. The summed E-state index contributed by atoms with van der Waals surface area (Å²) >= 11 is 2.06. The molecule has 0 radical (unpaired) electrons. The van der Waals surface area contributed by atoms with Crippen molar-refractivity contribution in [3.8, 4) is 0 Å². The number of nitrogens with one attached hydrogen (secondary N) is 1. The van der Waals surface area contributed by atoms with E-state index in [2.05, 4.69) is 41.3 Å². The second-order valence-corrected chi connectivity index (χ2v) is 7.06. The molecular weight excluding hydrogens is 238 g/mol. The summed E-state index contributed by atoms with van der Waals surface area (Å²) in [4.78, 5) is 1.50. The van der Waals surface area contributed by atoms with Crippen molar-refractivity contribution in [1.82, 2.24) is 5.32 Å². The maximum atomic E-state index is 3.71. The smallest absolute Gasteiger partial charge is 0.0260 e. The van der Waals surface area contributed by atoms with Crippen LogP contribution in [0, 0.1) is 5.92 Å². The molecule has 1 fully saturated rings. The highest BCUT2D eigenvalue weighted by Crippen LogP contribution is 2.36. The third-order valence-corrected chi connectivity index (χ3v) is 5.56. The van der Waals surface area contributed by atoms with Crippen molar-refractivity contribution in [3.63, 3.8) is 0 Å². The van der Waals surface area contributed by atoms with Crippen LogP contribution in [-0.2, 0) is 6.42 Å². The van der Waals surface area contributed by atoms with Crippen molar-refractivity contribution in [2.24, 2.45) is 5.92 Å². The highest BCUT2D eigenvalue weighted by atomic mass is 32.2. The molecule has 1 nitrogen and oxygen atoms in total. The predicted molar refractivity (Wildman–Crippen MR) is 79.2 cm³/mol. The largest absolute Gasteiger partial charge is 0.315 e. The van der Waals surface area contributed by atoms with E-state index in [1.807, 2.05) is 0 Å². The van der Waals surface area contributed by atoms with Gasteiger partial charge in [0.2, 0.25) is 0 Å². The molecule has 0 bridgehead atoms. The van der Waals surface area contributed by atoms with Crippen LogP contribution in [0.15, 0.2) is 29.2 Å². The number of rotatable bonds is 4. The van der Waals surface area contributed by atoms with Crippen LogP contribution in [0.2, 0.25) is 0 Å². The lowest BCUT2D eigenvalue weighted by molar-refractivity contribution is 0.343. The van der Waals surface area contributed by atoms with E-state index in [0.29, 0.717) is 0 Å². The van der Waals surface area contributed by atoms with Gasteiger partial charge in [-0.1, -0.05) is 37.5 Å². The van der Waals surface area contributed by atoms with E-state index in [-0.39, 0.29) is 0 Å². The van der Waals surface area contributed by atoms with E-state index in [9.17, 15) is 0 Å². The van der Waals surface area contributed by atoms with Crippen LogP contribution in [0.4, 0.5) is 0 Å². The Hall–Kier alpha value is -0.470. The summed E-state index contributed by atoms with van der Waals surface area (Å²) in [5, 5.41) is 4.47. The lowest BCUT2D eigenvalue weighted by atomic mass is 9.89. The molecule has 1 N–H and O–H groups in total. The van der Waals surface area contributed by atoms with Gasteiger partial charge in [0.25, 0.3) is 0 Å². The molecule has 1 unspecified atom stereocenters. The van der Waals surface area contributed by atoms with Crippen LogP contribution in [0.25, 0.3) is 0 Å². The van der Waals surface area contributed by atoms with Crippen LogP contribution in [0.1, 0.15) is 37.7 Å². The van der Waals surface area contributed by atoms with E-state index in [1.54, 1.807) is 5.56 Å². The van der Waals surface area contributed by atoms with E-state index >= 15 is 0 Å². The average molecular weight is 261 g/mol. The van der Waals surface area contributed by atoms with Crippen LogP contribution in [0.5, 0.6) is 0 Å². The predicted octanol–water partition coefficient (Wildman–Crippen LogP) is 3.87. The molecule has 2 aliphatic rings. The number of benzene rings is 1. The molecule has 0 amide bonds. The Labute approximate surface area is 115 Å². The van der Waals surface area contributed by atoms with Gasteiger partial charge >= 0.3 is 0 Å². The first-order chi connectivity index (χ1) is 8.92. The van der Waals surface area contributed by atoms with Gasteiger partial charge in [0.1, 0.15) is 0 Å². The first-order valence-electron chi connectivity index (χ1n) is 7.37. The van der Waals surface area contributed by atoms with Crippen molar-refractivity contribution in [2.75, 3.05) is 13.1 Å². The Morgan fingerprint density at radius 2 is 1.89 bits per heavy atom. The third-order valence-electron chi connectivity index (χ3n) is 4.24. The highest BCUT2D eigenvalue weighted by molar-refractivity contribution is 8.00. The van der Waals surface area contributed by atoms with Crippen LogP contribution >= 0.6 is 11.8 Å². The number of hydrogen-bond donors (Lipinski definition) is 1. The first kappa shape index (κ1) is 12.6. The minimum absolute atomic E-state index is 0.756. The van der Waals surface area contributed by atoms with Crippen molar-refractivity contribution < 1.29 is 0 Å². The Kier molecular flexibility index (Phi) is 4.27. The average Bonchev–Trinajstić information content (AvgIpc) is 2.82. The minimum atomic E-state index is 0.756. The minimum Gasteiger partial charge on any atom is -0.315 e. The number of hydrogen-bond acceptors (Lipinski definition) is 2. The molecule has 98 valence electrons. The molecule has 1 aromatic rings. The monoisotopic (exact) mass is 261 g/mol. The van der Waals surface area contributed by atoms with Crippen molar-refractivity contribution in [2.45, 2.75) is 48.7 Å². The second kappa shape index (κ2) is 6.12. The zero-order chi connectivity index (χ0) is 12.2. The molecule has 18 heavy (non-hydrogen) atoms. The van der Waals surface area contributed by atoms with Crippen LogP contribution < -0.4 is 5.32 Å². The fourth-order valence-electron chi connectivity index (χ4n) is 3.21. The molecular formula is C16H23NS. The Morgan fingerprint density at radius 3 is 2.72 bits per heavy atom. The maximum absolute atomic E-state index is 3.71. The summed E-state index contributed by atoms with van der Waals surface area (Å²) in [5.41, 5.74) is 1.55. The fourth-order valence-corrected chi connectivity index (χ4v) is 4.49.